The average Bonchev–Trinajstić information content (AvgIpc) is 3.30. The first kappa shape index (κ1) is 22.0. The molecule has 1 unspecified atom stereocenters. The van der Waals surface area contributed by atoms with Crippen molar-refractivity contribution in [2.24, 2.45) is 0 Å². The number of hydrogen-bond donors (Lipinski definition) is 1. The van der Waals surface area contributed by atoms with E-state index in [1.54, 1.807) is 48.7 Å². The van der Waals surface area contributed by atoms with E-state index >= 15 is 0 Å². The molecule has 0 radical (unpaired) electrons. The van der Waals surface area contributed by atoms with Crippen LogP contribution in [0.4, 0.5) is 10.1 Å². The van der Waals surface area contributed by atoms with E-state index in [-0.39, 0.29) is 23.3 Å². The van der Waals surface area contributed by atoms with Crippen LogP contribution >= 0.6 is 15.9 Å². The normalized spacial score (nSPS) is 16.4. The minimum absolute atomic E-state index is 0.197. The van der Waals surface area contributed by atoms with Crippen LogP contribution in [0, 0.1) is 5.82 Å². The van der Waals surface area contributed by atoms with Gasteiger partial charge in [0.1, 0.15) is 11.6 Å². The lowest BCUT2D eigenvalue weighted by Gasteiger charge is -2.39. The van der Waals surface area contributed by atoms with Crippen molar-refractivity contribution in [2.75, 3.05) is 37.6 Å². The lowest BCUT2D eigenvalue weighted by molar-refractivity contribution is 0.166. The quantitative estimate of drug-likeness (QED) is 0.523. The Labute approximate surface area is 189 Å². The van der Waals surface area contributed by atoms with Crippen molar-refractivity contribution in [3.8, 4) is 0 Å². The molecule has 0 bridgehead atoms. The largest absolute Gasteiger partial charge is 0.468 e. The van der Waals surface area contributed by atoms with Crippen LogP contribution < -0.4 is 9.62 Å². The summed E-state index contributed by atoms with van der Waals surface area (Å²) in [5, 5.41) is 0. The number of halogens is 2. The van der Waals surface area contributed by atoms with Gasteiger partial charge in [0, 0.05) is 42.9 Å². The number of nitrogens with zero attached hydrogens (tertiary/aromatic N) is 2. The maximum absolute atomic E-state index is 13.2. The van der Waals surface area contributed by atoms with E-state index in [0.29, 0.717) is 5.76 Å². The van der Waals surface area contributed by atoms with Crippen molar-refractivity contribution >= 4 is 31.6 Å². The molecule has 0 spiro atoms. The Bertz CT molecular complexity index is 1080. The summed E-state index contributed by atoms with van der Waals surface area (Å²) in [7, 11) is -3.64. The molecular formula is C22H23BrFN3O3S. The van der Waals surface area contributed by atoms with Gasteiger partial charge in [-0.1, -0.05) is 15.9 Å². The third-order valence-electron chi connectivity index (χ3n) is 5.41. The fourth-order valence-corrected chi connectivity index (χ4v) is 5.02. The summed E-state index contributed by atoms with van der Waals surface area (Å²) in [6.45, 7) is 3.15. The van der Waals surface area contributed by atoms with Crippen LogP contribution in [-0.2, 0) is 10.0 Å². The fourth-order valence-electron chi connectivity index (χ4n) is 3.72. The van der Waals surface area contributed by atoms with Crippen LogP contribution in [0.5, 0.6) is 0 Å². The summed E-state index contributed by atoms with van der Waals surface area (Å²) >= 11 is 3.32. The van der Waals surface area contributed by atoms with Gasteiger partial charge in [0.05, 0.1) is 17.2 Å². The van der Waals surface area contributed by atoms with Gasteiger partial charge >= 0.3 is 0 Å². The zero-order valence-corrected chi connectivity index (χ0v) is 19.1. The highest BCUT2D eigenvalue weighted by atomic mass is 79.9. The molecule has 1 saturated heterocycles. The minimum atomic E-state index is -3.64. The Kier molecular flexibility index (Phi) is 6.76. The predicted octanol–water partition coefficient (Wildman–Crippen LogP) is 4.02. The smallest absolute Gasteiger partial charge is 0.240 e. The van der Waals surface area contributed by atoms with E-state index in [1.165, 1.54) is 12.1 Å². The molecule has 31 heavy (non-hydrogen) atoms. The molecule has 164 valence electrons. The van der Waals surface area contributed by atoms with E-state index < -0.39 is 10.0 Å². The minimum Gasteiger partial charge on any atom is -0.468 e. The summed E-state index contributed by atoms with van der Waals surface area (Å²) < 4.78 is 47.9. The number of anilines is 1. The third kappa shape index (κ3) is 5.35. The Morgan fingerprint density at radius 2 is 1.68 bits per heavy atom. The first-order valence-electron chi connectivity index (χ1n) is 9.95. The molecular weight excluding hydrogens is 485 g/mol. The topological polar surface area (TPSA) is 65.8 Å². The van der Waals surface area contributed by atoms with Gasteiger partial charge in [0.25, 0.3) is 0 Å². The van der Waals surface area contributed by atoms with Crippen molar-refractivity contribution in [1.29, 1.82) is 0 Å². The Morgan fingerprint density at radius 3 is 2.29 bits per heavy atom. The van der Waals surface area contributed by atoms with Crippen LogP contribution in [0.1, 0.15) is 11.8 Å². The number of piperazine rings is 1. The van der Waals surface area contributed by atoms with E-state index in [1.807, 2.05) is 6.07 Å². The lowest BCUT2D eigenvalue weighted by Crippen LogP contribution is -2.49. The summed E-state index contributed by atoms with van der Waals surface area (Å²) in [4.78, 5) is 4.62. The van der Waals surface area contributed by atoms with Crippen LogP contribution in [-0.4, -0.2) is 46.0 Å². The molecule has 1 atom stereocenters. The zero-order valence-electron chi connectivity index (χ0n) is 16.7. The van der Waals surface area contributed by atoms with Crippen molar-refractivity contribution in [1.82, 2.24) is 9.62 Å². The molecule has 1 aliphatic rings. The van der Waals surface area contributed by atoms with Crippen LogP contribution in [0.25, 0.3) is 0 Å². The predicted molar refractivity (Wildman–Crippen MR) is 121 cm³/mol. The van der Waals surface area contributed by atoms with Gasteiger partial charge in [-0.2, -0.15) is 0 Å². The highest BCUT2D eigenvalue weighted by molar-refractivity contribution is 9.10. The maximum atomic E-state index is 13.2. The number of sulfonamides is 1. The molecule has 1 N–H and O–H groups in total. The first-order chi connectivity index (χ1) is 14.9. The van der Waals surface area contributed by atoms with Gasteiger partial charge in [0.15, 0.2) is 0 Å². The van der Waals surface area contributed by atoms with E-state index in [0.717, 1.165) is 36.3 Å². The molecule has 2 aromatic carbocycles. The Hall–Kier alpha value is -2.20. The van der Waals surface area contributed by atoms with Crippen molar-refractivity contribution in [3.05, 3.63) is 83.0 Å². The Morgan fingerprint density at radius 1 is 1.00 bits per heavy atom. The van der Waals surface area contributed by atoms with Gasteiger partial charge in [-0.25, -0.2) is 17.5 Å². The number of benzene rings is 2. The zero-order chi connectivity index (χ0) is 21.8. The molecule has 0 aliphatic carbocycles. The summed E-state index contributed by atoms with van der Waals surface area (Å²) in [5.74, 6) is 0.465. The van der Waals surface area contributed by atoms with Gasteiger partial charge in [0.2, 0.25) is 10.0 Å². The summed E-state index contributed by atoms with van der Waals surface area (Å²) in [6, 6.07) is 16.5. The van der Waals surface area contributed by atoms with Gasteiger partial charge < -0.3 is 9.32 Å². The molecule has 9 heteroatoms. The van der Waals surface area contributed by atoms with Crippen molar-refractivity contribution < 1.29 is 17.2 Å². The monoisotopic (exact) mass is 507 g/mol. The highest BCUT2D eigenvalue weighted by Gasteiger charge is 2.28. The standard InChI is InChI=1S/C22H23BrFN3O3S/c23-17-3-9-20(10-4-17)31(28,29)25-16-21(22-2-1-15-30-22)27-13-11-26(12-14-27)19-7-5-18(24)6-8-19/h1-10,15,21,25H,11-14,16H2. The maximum Gasteiger partial charge on any atom is 0.240 e. The highest BCUT2D eigenvalue weighted by Crippen LogP contribution is 2.25. The molecule has 1 aromatic heterocycles. The van der Waals surface area contributed by atoms with Gasteiger partial charge in [-0.15, -0.1) is 0 Å². The van der Waals surface area contributed by atoms with Crippen molar-refractivity contribution in [3.63, 3.8) is 0 Å². The lowest BCUT2D eigenvalue weighted by atomic mass is 10.1. The molecule has 3 aromatic rings. The fraction of sp³-hybridized carbons (Fsp3) is 0.273. The second-order valence-corrected chi connectivity index (χ2v) is 10.0. The second-order valence-electron chi connectivity index (χ2n) is 7.34. The van der Waals surface area contributed by atoms with Crippen LogP contribution in [0.15, 0.2) is 80.7 Å². The van der Waals surface area contributed by atoms with E-state index in [9.17, 15) is 12.8 Å². The molecule has 1 aliphatic heterocycles. The van der Waals surface area contributed by atoms with E-state index in [2.05, 4.69) is 30.5 Å². The van der Waals surface area contributed by atoms with Crippen molar-refractivity contribution in [2.45, 2.75) is 10.9 Å². The van der Waals surface area contributed by atoms with E-state index in [4.69, 9.17) is 4.42 Å². The molecule has 2 heterocycles. The number of rotatable bonds is 7. The van der Waals surface area contributed by atoms with Gasteiger partial charge in [-0.3, -0.25) is 4.90 Å². The average molecular weight is 508 g/mol. The first-order valence-corrected chi connectivity index (χ1v) is 12.2. The van der Waals surface area contributed by atoms with Crippen LogP contribution in [0.3, 0.4) is 0 Å². The summed E-state index contributed by atoms with van der Waals surface area (Å²) in [5.41, 5.74) is 0.978. The number of furan rings is 1. The van der Waals surface area contributed by atoms with Gasteiger partial charge in [-0.05, 0) is 60.7 Å². The molecule has 0 saturated carbocycles. The molecule has 6 nitrogen and oxygen atoms in total. The third-order valence-corrected chi connectivity index (χ3v) is 7.38. The Balaban J connectivity index is 1.44. The number of hydrogen-bond acceptors (Lipinski definition) is 5. The summed E-state index contributed by atoms with van der Waals surface area (Å²) in [6.07, 6.45) is 1.60. The number of nitrogens with one attached hydrogen (secondary N) is 1. The molecule has 4 rings (SSSR count). The molecule has 1 fully saturated rings. The van der Waals surface area contributed by atoms with Crippen LogP contribution in [0.2, 0.25) is 0 Å². The SMILES string of the molecule is O=S(=O)(NCC(c1ccco1)N1CCN(c2ccc(F)cc2)CC1)c1ccc(Br)cc1. The molecule has 0 amide bonds. The second kappa shape index (κ2) is 9.52.